The van der Waals surface area contributed by atoms with Crippen molar-refractivity contribution in [1.82, 2.24) is 0 Å². The van der Waals surface area contributed by atoms with Gasteiger partial charge >= 0.3 is 7.54 Å². The Kier molecular flexibility index (Phi) is 32.2. The van der Waals surface area contributed by atoms with Gasteiger partial charge in [-0.05, 0) is 57.2 Å². The molecule has 2 saturated carbocycles. The van der Waals surface area contributed by atoms with Crippen molar-refractivity contribution in [1.29, 1.82) is 0 Å². The molecule has 39 heavy (non-hydrogen) atoms. The Hall–Kier alpha value is -0.556. The quantitative estimate of drug-likeness (QED) is 0.146. The van der Waals surface area contributed by atoms with E-state index < -0.39 is 7.54 Å². The molecule has 0 saturated heterocycles. The fourth-order valence-electron chi connectivity index (χ4n) is 6.49. The van der Waals surface area contributed by atoms with Crippen molar-refractivity contribution in [3.05, 3.63) is 7.43 Å². The third-order valence-corrected chi connectivity index (χ3v) is 7.28. The summed E-state index contributed by atoms with van der Waals surface area (Å²) in [4.78, 5) is 23.2. The number of hydrogen-bond donors (Lipinski definition) is 0. The molecule has 0 aromatic rings. The zero-order valence-electron chi connectivity index (χ0n) is 27.3. The molecule has 0 bridgehead atoms. The van der Waals surface area contributed by atoms with Gasteiger partial charge in [0, 0.05) is 20.1 Å². The summed E-state index contributed by atoms with van der Waals surface area (Å²) in [6, 6.07) is 0. The molecule has 241 valence electrons. The van der Waals surface area contributed by atoms with Crippen molar-refractivity contribution in [2.45, 2.75) is 110 Å². The minimum absolute atomic E-state index is 0. The van der Waals surface area contributed by atoms with E-state index in [0.29, 0.717) is 21.7 Å². The first-order chi connectivity index (χ1) is 16.1. The van der Waals surface area contributed by atoms with Crippen LogP contribution in [0.3, 0.4) is 0 Å². The smallest absolute Gasteiger partial charge is 0.762 e. The van der Waals surface area contributed by atoms with Crippen LogP contribution < -0.4 is 4.70 Å². The predicted octanol–water partition coefficient (Wildman–Crippen LogP) is 6.21. The van der Waals surface area contributed by atoms with E-state index >= 15 is 0 Å². The topological polar surface area (TPSA) is 51.2 Å². The van der Waals surface area contributed by atoms with Crippen LogP contribution in [0.1, 0.15) is 110 Å². The Morgan fingerprint density at radius 1 is 0.513 bits per heavy atom. The van der Waals surface area contributed by atoms with E-state index in [1.54, 1.807) is 0 Å². The largest absolute Gasteiger partial charge is 1.00 e. The minimum Gasteiger partial charge on any atom is -1.00 e. The molecule has 0 spiro atoms. The fourth-order valence-corrected chi connectivity index (χ4v) is 6.49. The Labute approximate surface area is 254 Å². The van der Waals surface area contributed by atoms with Gasteiger partial charge in [0.2, 0.25) is 0 Å². The first kappa shape index (κ1) is 54.5. The van der Waals surface area contributed by atoms with Crippen LogP contribution in [0.15, 0.2) is 0 Å². The van der Waals surface area contributed by atoms with Gasteiger partial charge in [0.1, 0.15) is 0 Å². The second-order valence-corrected chi connectivity index (χ2v) is 14.0. The zero-order chi connectivity index (χ0) is 30.5. The van der Waals surface area contributed by atoms with Crippen LogP contribution in [0, 0.1) is 64.6 Å². The molecule has 0 amide bonds. The number of halogens is 4. The van der Waals surface area contributed by atoms with Gasteiger partial charge in [-0.2, -0.15) is 0 Å². The summed E-state index contributed by atoms with van der Waals surface area (Å²) in [7, 11) is -3.67. The molecule has 2 aliphatic carbocycles. The third-order valence-electron chi connectivity index (χ3n) is 7.28. The Bertz CT molecular complexity index is 479. The van der Waals surface area contributed by atoms with Crippen LogP contribution in [-0.4, -0.2) is 27.9 Å². The average molecular weight is 746 g/mol. The van der Waals surface area contributed by atoms with Gasteiger partial charge < -0.3 is 26.5 Å². The fraction of sp³-hybridized carbons (Fsp3) is 0.867. The van der Waals surface area contributed by atoms with Crippen molar-refractivity contribution in [2.75, 3.05) is 0 Å². The van der Waals surface area contributed by atoms with Gasteiger partial charge in [0.25, 0.3) is 0 Å². The second-order valence-electron chi connectivity index (χ2n) is 14.0. The summed E-state index contributed by atoms with van der Waals surface area (Å²) in [6.07, 6.45) is 2.73. The van der Waals surface area contributed by atoms with E-state index in [4.69, 9.17) is 14.4 Å². The van der Waals surface area contributed by atoms with Gasteiger partial charge in [-0.1, -0.05) is 110 Å². The van der Waals surface area contributed by atoms with E-state index in [2.05, 4.69) is 117 Å². The maximum absolute atomic E-state index is 9.67. The molecule has 3 nitrogen and oxygen atoms in total. The van der Waals surface area contributed by atoms with Crippen LogP contribution in [-0.2, 0) is 34.5 Å². The molecule has 0 N–H and O–H groups in total. The molecule has 0 aliphatic heterocycles. The summed E-state index contributed by atoms with van der Waals surface area (Å²) in [6.45, 7) is 43.2. The molecule has 9 heteroatoms. The average Bonchev–Trinajstić information content (AvgIpc) is 3.61. The molecule has 4 unspecified atom stereocenters. The second kappa shape index (κ2) is 23.1. The van der Waals surface area contributed by atoms with Crippen molar-refractivity contribution >= 4 is 27.9 Å². The first-order valence-corrected chi connectivity index (χ1v) is 12.7. The van der Waals surface area contributed by atoms with Crippen molar-refractivity contribution in [2.24, 2.45) is 57.2 Å². The summed E-state index contributed by atoms with van der Waals surface area (Å²) in [5.41, 5.74) is 2.05. The first-order valence-electron chi connectivity index (χ1n) is 12.7. The van der Waals surface area contributed by atoms with E-state index in [1.165, 1.54) is 12.8 Å². The van der Waals surface area contributed by atoms with Gasteiger partial charge in [-0.3, -0.25) is 33.3 Å². The maximum atomic E-state index is 9.67. The van der Waals surface area contributed by atoms with Crippen molar-refractivity contribution < 1.29 is 52.1 Å². The number of hydrogen-bond acceptors (Lipinski definition) is 3. The molecular weight excluding hydrogens is 687 g/mol. The van der Waals surface area contributed by atoms with Gasteiger partial charge in [-0.15, -0.1) is 0 Å². The molecule has 2 rings (SSSR count). The number of carbonyl (C=O) groups excluding carboxylic acids is 3. The van der Waals surface area contributed by atoms with Crippen LogP contribution in [0.2, 0.25) is 0 Å². The normalized spacial score (nSPS) is 24.2. The standard InChI is InChI=1S/2C13H26.3CHO.CH3.BF3.FH.Ir/c2*1-8-9-10(12(2,3)4)11(9)13(5,6)7;3*1-2;;2-1(3)4;;/h2*9-11H,8H2,1-7H3;3*1H;1H3;;1H;/q;;4*-1;;;/p-1. The summed E-state index contributed by atoms with van der Waals surface area (Å²) in [5.74, 6) is 5.80. The van der Waals surface area contributed by atoms with Crippen LogP contribution >= 0.6 is 0 Å². The van der Waals surface area contributed by atoms with Gasteiger partial charge in [0.05, 0.1) is 0 Å². The Morgan fingerprint density at radius 3 is 0.641 bits per heavy atom. The maximum Gasteiger partial charge on any atom is 0.762 e. The van der Waals surface area contributed by atoms with Gasteiger partial charge in [0.15, 0.2) is 0 Å². The Morgan fingerprint density at radius 2 is 0.615 bits per heavy atom. The molecule has 0 aromatic carbocycles. The van der Waals surface area contributed by atoms with E-state index in [1.807, 2.05) is 0 Å². The SMILES string of the molecule is CCC1C(C(C)(C)C)C1C(C)(C)C.CCC1C(C(C)(C)C)C1C(C)(C)C.FB(F)F.[CH-]=O.[CH-]=O.[CH-]=O.[CH3-].[F-].[Ir]. The molecule has 4 atom stereocenters. The molecule has 2 aliphatic rings. The summed E-state index contributed by atoms with van der Waals surface area (Å²) >= 11 is 0. The van der Waals surface area contributed by atoms with Crippen LogP contribution in [0.5, 0.6) is 0 Å². The molecule has 1 radical (unpaired) electrons. The van der Waals surface area contributed by atoms with Gasteiger partial charge in [-0.25, -0.2) is 0 Å². The minimum atomic E-state index is -3.67. The predicted molar refractivity (Wildman–Crippen MR) is 155 cm³/mol. The molecule has 2 fully saturated rings. The van der Waals surface area contributed by atoms with E-state index in [9.17, 15) is 12.9 Å². The van der Waals surface area contributed by atoms with Crippen molar-refractivity contribution in [3.63, 3.8) is 0 Å². The van der Waals surface area contributed by atoms with Crippen LogP contribution in [0.25, 0.3) is 0 Å². The monoisotopic (exact) mass is 746 g/mol. The summed E-state index contributed by atoms with van der Waals surface area (Å²) in [5, 5.41) is 0. The molecular formula is C30H58BF4IrO3-5. The van der Waals surface area contributed by atoms with Crippen LogP contribution in [0.4, 0.5) is 12.9 Å². The van der Waals surface area contributed by atoms with E-state index in [-0.39, 0.29) is 32.2 Å². The molecule has 0 aromatic heterocycles. The zero-order valence-corrected chi connectivity index (χ0v) is 29.7. The van der Waals surface area contributed by atoms with E-state index in [0.717, 1.165) is 35.5 Å². The third kappa shape index (κ3) is 20.9. The van der Waals surface area contributed by atoms with Crippen molar-refractivity contribution in [3.8, 4) is 0 Å². The summed E-state index contributed by atoms with van der Waals surface area (Å²) < 4.78 is 29.0. The Balaban J connectivity index is -0.0000000747. The molecule has 0 heterocycles. The number of rotatable bonds is 2.